The molecule has 0 saturated carbocycles. The van der Waals surface area contributed by atoms with Crippen LogP contribution in [0.1, 0.15) is 41.7 Å². The average molecular weight is 375 g/mol. The first-order chi connectivity index (χ1) is 13.7. The van der Waals surface area contributed by atoms with Gasteiger partial charge in [0.05, 0.1) is 11.9 Å². The fourth-order valence-corrected chi connectivity index (χ4v) is 3.48. The minimum absolute atomic E-state index is 0.240. The van der Waals surface area contributed by atoms with Crippen LogP contribution in [-0.2, 0) is 0 Å². The molecule has 1 amide bonds. The van der Waals surface area contributed by atoms with Crippen molar-refractivity contribution in [2.75, 3.05) is 18.4 Å². The number of carbonyl (C=O) groups is 1. The fourth-order valence-electron chi connectivity index (χ4n) is 3.48. The summed E-state index contributed by atoms with van der Waals surface area (Å²) in [5.41, 5.74) is 4.40. The zero-order valence-electron chi connectivity index (χ0n) is 15.6. The van der Waals surface area contributed by atoms with E-state index in [0.717, 1.165) is 37.3 Å². The van der Waals surface area contributed by atoms with Crippen LogP contribution in [0.25, 0.3) is 11.3 Å². The Kier molecular flexibility index (Phi) is 4.05. The minimum atomic E-state index is -0.240. The van der Waals surface area contributed by atoms with Crippen molar-refractivity contribution < 1.29 is 4.79 Å². The Bertz CT molecular complexity index is 1120. The van der Waals surface area contributed by atoms with Crippen molar-refractivity contribution in [3.05, 3.63) is 59.7 Å². The molecule has 4 heterocycles. The lowest BCUT2D eigenvalue weighted by Crippen LogP contribution is -2.40. The van der Waals surface area contributed by atoms with Gasteiger partial charge in [-0.2, -0.15) is 10.2 Å². The largest absolute Gasteiger partial charge is 0.315 e. The molecule has 28 heavy (non-hydrogen) atoms. The third kappa shape index (κ3) is 2.91. The van der Waals surface area contributed by atoms with Gasteiger partial charge in [-0.3, -0.25) is 4.79 Å². The van der Waals surface area contributed by atoms with Gasteiger partial charge in [0.1, 0.15) is 11.4 Å². The van der Waals surface area contributed by atoms with E-state index in [1.807, 2.05) is 10.7 Å². The van der Waals surface area contributed by atoms with Crippen molar-refractivity contribution in [1.82, 2.24) is 29.7 Å². The highest BCUT2D eigenvalue weighted by Crippen LogP contribution is 2.29. The SMILES string of the molecule is CC1=CC=C(n2nc(C3CNC3)cc2NC(=O)c2cnn3cccnc23)CC1. The van der Waals surface area contributed by atoms with Crippen LogP contribution in [0.2, 0.25) is 0 Å². The third-order valence-corrected chi connectivity index (χ3v) is 5.30. The van der Waals surface area contributed by atoms with E-state index < -0.39 is 0 Å². The fraction of sp³-hybridized carbons (Fsp3) is 0.300. The van der Waals surface area contributed by atoms with E-state index in [9.17, 15) is 4.79 Å². The van der Waals surface area contributed by atoms with Gasteiger partial charge in [0, 0.05) is 43.2 Å². The van der Waals surface area contributed by atoms with E-state index in [1.165, 1.54) is 5.57 Å². The molecule has 2 aliphatic rings. The number of anilines is 1. The molecule has 0 spiro atoms. The predicted octanol–water partition coefficient (Wildman–Crippen LogP) is 2.45. The highest BCUT2D eigenvalue weighted by atomic mass is 16.1. The molecule has 0 unspecified atom stereocenters. The molecule has 0 aromatic carbocycles. The molecular weight excluding hydrogens is 354 g/mol. The molecule has 3 aromatic rings. The highest BCUT2D eigenvalue weighted by Gasteiger charge is 2.25. The van der Waals surface area contributed by atoms with Crippen molar-refractivity contribution in [3.8, 4) is 0 Å². The monoisotopic (exact) mass is 375 g/mol. The molecule has 0 radical (unpaired) electrons. The zero-order chi connectivity index (χ0) is 19.1. The molecule has 142 valence electrons. The van der Waals surface area contributed by atoms with Crippen LogP contribution in [-0.4, -0.2) is 43.4 Å². The Hall–Kier alpha value is -3.26. The molecule has 8 nitrogen and oxygen atoms in total. The summed E-state index contributed by atoms with van der Waals surface area (Å²) in [5, 5.41) is 15.3. The van der Waals surface area contributed by atoms with Crippen LogP contribution in [0.15, 0.2) is 48.4 Å². The quantitative estimate of drug-likeness (QED) is 0.731. The van der Waals surface area contributed by atoms with Gasteiger partial charge in [0.15, 0.2) is 5.65 Å². The summed E-state index contributed by atoms with van der Waals surface area (Å²) >= 11 is 0. The summed E-state index contributed by atoms with van der Waals surface area (Å²) in [6.45, 7) is 3.96. The second-order valence-corrected chi connectivity index (χ2v) is 7.29. The van der Waals surface area contributed by atoms with Crippen molar-refractivity contribution in [2.45, 2.75) is 25.7 Å². The van der Waals surface area contributed by atoms with Crippen molar-refractivity contribution in [3.63, 3.8) is 0 Å². The molecule has 1 saturated heterocycles. The number of amides is 1. The Morgan fingerprint density at radius 1 is 1.29 bits per heavy atom. The molecule has 8 heteroatoms. The van der Waals surface area contributed by atoms with E-state index in [-0.39, 0.29) is 5.91 Å². The summed E-state index contributed by atoms with van der Waals surface area (Å²) in [6, 6.07) is 3.76. The molecule has 0 atom stereocenters. The van der Waals surface area contributed by atoms with Gasteiger partial charge in [-0.1, -0.05) is 11.6 Å². The number of carbonyl (C=O) groups excluding carboxylic acids is 1. The summed E-state index contributed by atoms with van der Waals surface area (Å²) < 4.78 is 3.46. The number of nitrogens with zero attached hydrogens (tertiary/aromatic N) is 5. The number of aromatic nitrogens is 5. The number of nitrogens with one attached hydrogen (secondary N) is 2. The number of rotatable bonds is 4. The number of hydrogen-bond acceptors (Lipinski definition) is 5. The Morgan fingerprint density at radius 3 is 2.93 bits per heavy atom. The maximum atomic E-state index is 12.9. The first-order valence-corrected chi connectivity index (χ1v) is 9.46. The van der Waals surface area contributed by atoms with Crippen LogP contribution in [0.3, 0.4) is 0 Å². The number of fused-ring (bicyclic) bond motifs is 1. The third-order valence-electron chi connectivity index (χ3n) is 5.30. The van der Waals surface area contributed by atoms with Crippen LogP contribution >= 0.6 is 0 Å². The summed E-state index contributed by atoms with van der Waals surface area (Å²) in [5.74, 6) is 0.828. The molecule has 2 N–H and O–H groups in total. The number of allylic oxidation sites excluding steroid dienone is 4. The Morgan fingerprint density at radius 2 is 2.18 bits per heavy atom. The minimum Gasteiger partial charge on any atom is -0.315 e. The molecule has 1 fully saturated rings. The molecule has 0 bridgehead atoms. The van der Waals surface area contributed by atoms with E-state index in [2.05, 4.69) is 39.8 Å². The van der Waals surface area contributed by atoms with Crippen LogP contribution in [0.4, 0.5) is 5.82 Å². The zero-order valence-corrected chi connectivity index (χ0v) is 15.6. The Balaban J connectivity index is 1.49. The normalized spacial score (nSPS) is 17.2. The van der Waals surface area contributed by atoms with Gasteiger partial charge in [0.25, 0.3) is 5.91 Å². The lowest BCUT2D eigenvalue weighted by molar-refractivity contribution is 0.102. The van der Waals surface area contributed by atoms with Crippen molar-refractivity contribution >= 4 is 23.1 Å². The first kappa shape index (κ1) is 16.9. The summed E-state index contributed by atoms with van der Waals surface area (Å²) in [7, 11) is 0. The van der Waals surface area contributed by atoms with Crippen LogP contribution < -0.4 is 10.6 Å². The van der Waals surface area contributed by atoms with Crippen LogP contribution in [0, 0.1) is 0 Å². The maximum Gasteiger partial charge on any atom is 0.262 e. The lowest BCUT2D eigenvalue weighted by atomic mass is 10.00. The van der Waals surface area contributed by atoms with E-state index in [4.69, 9.17) is 5.10 Å². The van der Waals surface area contributed by atoms with Gasteiger partial charge in [0.2, 0.25) is 0 Å². The summed E-state index contributed by atoms with van der Waals surface area (Å²) in [4.78, 5) is 17.2. The second-order valence-electron chi connectivity index (χ2n) is 7.29. The van der Waals surface area contributed by atoms with Gasteiger partial charge in [-0.05, 0) is 31.9 Å². The van der Waals surface area contributed by atoms with Crippen LogP contribution in [0.5, 0.6) is 0 Å². The topological polar surface area (TPSA) is 89.1 Å². The molecule has 5 rings (SSSR count). The van der Waals surface area contributed by atoms with Crippen molar-refractivity contribution in [1.29, 1.82) is 0 Å². The molecule has 3 aromatic heterocycles. The van der Waals surface area contributed by atoms with E-state index in [0.29, 0.717) is 22.9 Å². The van der Waals surface area contributed by atoms with Gasteiger partial charge in [-0.15, -0.1) is 0 Å². The molecule has 1 aliphatic heterocycles. The lowest BCUT2D eigenvalue weighted by Gasteiger charge is -2.25. The molecule has 1 aliphatic carbocycles. The van der Waals surface area contributed by atoms with Gasteiger partial charge < -0.3 is 10.6 Å². The first-order valence-electron chi connectivity index (χ1n) is 9.46. The van der Waals surface area contributed by atoms with Crippen molar-refractivity contribution in [2.24, 2.45) is 0 Å². The summed E-state index contributed by atoms with van der Waals surface area (Å²) in [6.07, 6.45) is 11.1. The standard InChI is InChI=1S/C20H21N7O/c1-13-3-5-15(6-4-13)27-18(9-17(25-27)14-10-21-11-14)24-20(28)16-12-23-26-8-2-7-22-19(16)26/h2-3,5,7-9,12,14,21H,4,6,10-11H2,1H3,(H,24,28). The maximum absolute atomic E-state index is 12.9. The second kappa shape index (κ2) is 6.72. The number of hydrogen-bond donors (Lipinski definition) is 2. The highest BCUT2D eigenvalue weighted by molar-refractivity contribution is 6.08. The van der Waals surface area contributed by atoms with E-state index in [1.54, 1.807) is 29.2 Å². The predicted molar refractivity (Wildman–Crippen MR) is 106 cm³/mol. The smallest absolute Gasteiger partial charge is 0.262 e. The Labute approximate surface area is 162 Å². The van der Waals surface area contributed by atoms with Gasteiger partial charge >= 0.3 is 0 Å². The molecular formula is C20H21N7O. The van der Waals surface area contributed by atoms with E-state index >= 15 is 0 Å². The average Bonchev–Trinajstić information content (AvgIpc) is 3.25. The van der Waals surface area contributed by atoms with Gasteiger partial charge in [-0.25, -0.2) is 14.2 Å².